The highest BCUT2D eigenvalue weighted by atomic mass is 14.3. The quantitative estimate of drug-likeness (QED) is 0.524. The summed E-state index contributed by atoms with van der Waals surface area (Å²) in [4.78, 5) is 0. The molecule has 76 valence electrons. The van der Waals surface area contributed by atoms with Gasteiger partial charge in [0.15, 0.2) is 0 Å². The number of hydrogen-bond acceptors (Lipinski definition) is 0. The molecule has 0 heteroatoms. The Labute approximate surface area is 83.4 Å². The molecule has 0 aromatic carbocycles. The Morgan fingerprint density at radius 1 is 1.23 bits per heavy atom. The molecule has 13 heavy (non-hydrogen) atoms. The second-order valence-corrected chi connectivity index (χ2v) is 5.26. The third-order valence-electron chi connectivity index (χ3n) is 3.43. The molecule has 0 bridgehead atoms. The van der Waals surface area contributed by atoms with E-state index in [9.17, 15) is 0 Å². The third kappa shape index (κ3) is 2.59. The smallest absolute Gasteiger partial charge is 0.0177 e. The van der Waals surface area contributed by atoms with Crippen LogP contribution in [-0.4, -0.2) is 0 Å². The van der Waals surface area contributed by atoms with Gasteiger partial charge in [0.05, 0.1) is 0 Å². The van der Waals surface area contributed by atoms with E-state index in [1.54, 1.807) is 11.1 Å². The zero-order valence-corrected chi connectivity index (χ0v) is 9.85. The molecule has 1 rings (SSSR count). The molecule has 0 unspecified atom stereocenters. The molecule has 0 aromatic heterocycles. The monoisotopic (exact) mass is 180 g/mol. The van der Waals surface area contributed by atoms with Gasteiger partial charge in [-0.1, -0.05) is 31.9 Å². The van der Waals surface area contributed by atoms with Crippen molar-refractivity contribution in [3.63, 3.8) is 0 Å². The summed E-state index contributed by atoms with van der Waals surface area (Å²) in [6, 6.07) is 0. The van der Waals surface area contributed by atoms with Crippen molar-refractivity contribution in [1.29, 1.82) is 0 Å². The lowest BCUT2D eigenvalue weighted by molar-refractivity contribution is 0.305. The summed E-state index contributed by atoms with van der Waals surface area (Å²) in [6.07, 6.45) is 4.20. The normalized spacial score (nSPS) is 29.5. The maximum Gasteiger partial charge on any atom is -0.0177 e. The van der Waals surface area contributed by atoms with E-state index in [1.165, 1.54) is 19.3 Å². The minimum Gasteiger partial charge on any atom is -0.0769 e. The van der Waals surface area contributed by atoms with Crippen molar-refractivity contribution >= 4 is 0 Å². The minimum atomic E-state index is 0.831. The molecule has 0 heterocycles. The largest absolute Gasteiger partial charge is 0.0769 e. The van der Waals surface area contributed by atoms with Crippen LogP contribution < -0.4 is 0 Å². The van der Waals surface area contributed by atoms with E-state index < -0.39 is 0 Å². The highest BCUT2D eigenvalue weighted by Crippen LogP contribution is 2.38. The molecular weight excluding hydrogens is 156 g/mol. The lowest BCUT2D eigenvalue weighted by atomic mass is 9.72. The average Bonchev–Trinajstić information content (AvgIpc) is 2.03. The molecule has 0 radical (unpaired) electrons. The van der Waals surface area contributed by atoms with Gasteiger partial charge >= 0.3 is 0 Å². The van der Waals surface area contributed by atoms with Crippen molar-refractivity contribution in [2.24, 2.45) is 17.8 Å². The van der Waals surface area contributed by atoms with Crippen LogP contribution >= 0.6 is 0 Å². The zero-order valence-electron chi connectivity index (χ0n) is 9.85. The van der Waals surface area contributed by atoms with Gasteiger partial charge in [0.1, 0.15) is 0 Å². The SMILES string of the molecule is CC(C)=C1C[C@H](C)CC[C@H]1C(C)C. The number of rotatable bonds is 1. The first-order valence-electron chi connectivity index (χ1n) is 5.68. The summed E-state index contributed by atoms with van der Waals surface area (Å²) in [7, 11) is 0. The van der Waals surface area contributed by atoms with Crippen molar-refractivity contribution in [3.8, 4) is 0 Å². The van der Waals surface area contributed by atoms with E-state index in [0.29, 0.717) is 0 Å². The van der Waals surface area contributed by atoms with Crippen molar-refractivity contribution in [2.45, 2.75) is 53.9 Å². The van der Waals surface area contributed by atoms with E-state index >= 15 is 0 Å². The van der Waals surface area contributed by atoms with Gasteiger partial charge in [0, 0.05) is 0 Å². The first-order chi connectivity index (χ1) is 6.02. The van der Waals surface area contributed by atoms with Gasteiger partial charge in [-0.2, -0.15) is 0 Å². The summed E-state index contributed by atoms with van der Waals surface area (Å²) in [5.41, 5.74) is 3.33. The van der Waals surface area contributed by atoms with Gasteiger partial charge < -0.3 is 0 Å². The van der Waals surface area contributed by atoms with Crippen molar-refractivity contribution < 1.29 is 0 Å². The van der Waals surface area contributed by atoms with Crippen molar-refractivity contribution in [3.05, 3.63) is 11.1 Å². The lowest BCUT2D eigenvalue weighted by Gasteiger charge is -2.33. The van der Waals surface area contributed by atoms with E-state index in [2.05, 4.69) is 34.6 Å². The second kappa shape index (κ2) is 4.30. The highest BCUT2D eigenvalue weighted by molar-refractivity contribution is 5.16. The van der Waals surface area contributed by atoms with Crippen LogP contribution in [0.4, 0.5) is 0 Å². The van der Waals surface area contributed by atoms with Crippen molar-refractivity contribution in [2.75, 3.05) is 0 Å². The molecule has 1 aliphatic carbocycles. The molecule has 1 fully saturated rings. The van der Waals surface area contributed by atoms with Gasteiger partial charge in [-0.25, -0.2) is 0 Å². The predicted octanol–water partition coefficient (Wildman–Crippen LogP) is 4.42. The second-order valence-electron chi connectivity index (χ2n) is 5.26. The van der Waals surface area contributed by atoms with E-state index in [0.717, 1.165) is 17.8 Å². The van der Waals surface area contributed by atoms with Crippen LogP contribution in [0.15, 0.2) is 11.1 Å². The van der Waals surface area contributed by atoms with E-state index in [-0.39, 0.29) is 0 Å². The standard InChI is InChI=1S/C13H24/c1-9(2)12-7-6-11(5)8-13(12)10(3)4/h9,11-12H,6-8H2,1-5H3/t11-,12+/m1/s1. The summed E-state index contributed by atoms with van der Waals surface area (Å²) in [5, 5.41) is 0. The van der Waals surface area contributed by atoms with Crippen LogP contribution in [-0.2, 0) is 0 Å². The number of allylic oxidation sites excluding steroid dienone is 2. The summed E-state index contributed by atoms with van der Waals surface area (Å²) >= 11 is 0. The molecule has 1 saturated carbocycles. The topological polar surface area (TPSA) is 0 Å². The van der Waals surface area contributed by atoms with Crippen LogP contribution in [0.1, 0.15) is 53.9 Å². The molecule has 0 spiro atoms. The lowest BCUT2D eigenvalue weighted by Crippen LogP contribution is -2.21. The summed E-state index contributed by atoms with van der Waals surface area (Å²) in [6.45, 7) is 11.7. The van der Waals surface area contributed by atoms with Gasteiger partial charge in [-0.3, -0.25) is 0 Å². The highest BCUT2D eigenvalue weighted by Gasteiger charge is 2.25. The Kier molecular flexibility index (Phi) is 3.58. The molecule has 0 saturated heterocycles. The van der Waals surface area contributed by atoms with Gasteiger partial charge in [-0.05, 0) is 50.9 Å². The Morgan fingerprint density at radius 2 is 1.85 bits per heavy atom. The summed E-state index contributed by atoms with van der Waals surface area (Å²) < 4.78 is 0. The molecule has 2 atom stereocenters. The first-order valence-corrected chi connectivity index (χ1v) is 5.68. The fraction of sp³-hybridized carbons (Fsp3) is 0.846. The zero-order chi connectivity index (χ0) is 10.0. The van der Waals surface area contributed by atoms with E-state index in [1.807, 2.05) is 0 Å². The molecule has 1 aliphatic rings. The van der Waals surface area contributed by atoms with Gasteiger partial charge in [0.25, 0.3) is 0 Å². The van der Waals surface area contributed by atoms with Crippen molar-refractivity contribution in [1.82, 2.24) is 0 Å². The maximum atomic E-state index is 2.39. The Balaban J connectivity index is 2.79. The number of hydrogen-bond donors (Lipinski definition) is 0. The van der Waals surface area contributed by atoms with Gasteiger partial charge in [-0.15, -0.1) is 0 Å². The maximum absolute atomic E-state index is 2.39. The Morgan fingerprint density at radius 3 is 2.31 bits per heavy atom. The molecule has 0 amide bonds. The van der Waals surface area contributed by atoms with Gasteiger partial charge in [0.2, 0.25) is 0 Å². The van der Waals surface area contributed by atoms with Crippen LogP contribution in [0.2, 0.25) is 0 Å². The first kappa shape index (κ1) is 10.8. The summed E-state index contributed by atoms with van der Waals surface area (Å²) in [5.74, 6) is 2.62. The molecule has 0 nitrogen and oxygen atoms in total. The molecular formula is C13H24. The van der Waals surface area contributed by atoms with E-state index in [4.69, 9.17) is 0 Å². The molecule has 0 aliphatic heterocycles. The average molecular weight is 180 g/mol. The predicted molar refractivity (Wildman–Crippen MR) is 59.7 cm³/mol. The Hall–Kier alpha value is -0.260. The van der Waals surface area contributed by atoms with Crippen LogP contribution in [0.3, 0.4) is 0 Å². The molecule has 0 aromatic rings. The molecule has 0 N–H and O–H groups in total. The third-order valence-corrected chi connectivity index (χ3v) is 3.43. The minimum absolute atomic E-state index is 0.831. The van der Waals surface area contributed by atoms with Crippen LogP contribution in [0.5, 0.6) is 0 Å². The van der Waals surface area contributed by atoms with Crippen LogP contribution in [0, 0.1) is 17.8 Å². The Bertz CT molecular complexity index is 194. The fourth-order valence-corrected chi connectivity index (χ4v) is 2.58. The van der Waals surface area contributed by atoms with Crippen LogP contribution in [0.25, 0.3) is 0 Å². The fourth-order valence-electron chi connectivity index (χ4n) is 2.58.